The second-order valence-corrected chi connectivity index (χ2v) is 13.8. The maximum Gasteiger partial charge on any atom is 0.328 e. The minimum absolute atomic E-state index is 0.0128. The third-order valence-corrected chi connectivity index (χ3v) is 10.8. The third kappa shape index (κ3) is 6.94. The number of ether oxygens (including phenoxy) is 3. The lowest BCUT2D eigenvalue weighted by Crippen LogP contribution is -2.62. The van der Waals surface area contributed by atoms with Crippen molar-refractivity contribution in [2.75, 3.05) is 40.2 Å². The molecule has 12 nitrogen and oxygen atoms in total. The number of nitrogens with one attached hydrogen (secondary N) is 1. The molecule has 4 rings (SSSR count). The first kappa shape index (κ1) is 33.1. The summed E-state index contributed by atoms with van der Waals surface area (Å²) in [7, 11) is -1.26. The summed E-state index contributed by atoms with van der Waals surface area (Å²) in [5.41, 5.74) is 0.489. The van der Waals surface area contributed by atoms with Crippen LogP contribution in [0.25, 0.3) is 0 Å². The van der Waals surface area contributed by atoms with E-state index in [4.69, 9.17) is 14.2 Å². The zero-order valence-electron chi connectivity index (χ0n) is 25.6. The first-order valence-electron chi connectivity index (χ1n) is 14.4. The van der Waals surface area contributed by atoms with Gasteiger partial charge in [0.2, 0.25) is 5.91 Å². The van der Waals surface area contributed by atoms with E-state index in [1.807, 2.05) is 6.07 Å². The Kier molecular flexibility index (Phi) is 10.1. The zero-order chi connectivity index (χ0) is 32.1. The standard InChI is InChI=1S/C31H40N4O8S/c1-6-30(14-16-43-17-15-30)20-35(27(37)23-19-32-29(42-4)33-21(23)2)25(31(12-13-31)44(5,39)40)26(36)34-24(28(38)41-3)18-22-10-8-7-9-11-22/h6-11,19,24-25H,1,12-18,20H2,2-5H3,(H,34,36). The first-order chi connectivity index (χ1) is 20.9. The molecule has 1 aromatic heterocycles. The normalized spacial score (nSPS) is 18.3. The first-order valence-corrected chi connectivity index (χ1v) is 16.3. The van der Waals surface area contributed by atoms with Crippen molar-refractivity contribution >= 4 is 27.6 Å². The predicted octanol–water partition coefficient (Wildman–Crippen LogP) is 2.06. The number of rotatable bonds is 13. The topological polar surface area (TPSA) is 154 Å². The fourth-order valence-electron chi connectivity index (χ4n) is 5.80. The van der Waals surface area contributed by atoms with E-state index >= 15 is 0 Å². The minimum Gasteiger partial charge on any atom is -0.467 e. The van der Waals surface area contributed by atoms with E-state index in [9.17, 15) is 22.8 Å². The Morgan fingerprint density at radius 3 is 2.32 bits per heavy atom. The number of esters is 1. The van der Waals surface area contributed by atoms with Gasteiger partial charge in [0.1, 0.15) is 16.8 Å². The molecule has 2 heterocycles. The lowest BCUT2D eigenvalue weighted by atomic mass is 9.79. The highest BCUT2D eigenvalue weighted by atomic mass is 32.2. The number of amides is 2. The number of aromatic nitrogens is 2. The van der Waals surface area contributed by atoms with E-state index in [0.717, 1.165) is 11.8 Å². The van der Waals surface area contributed by atoms with Gasteiger partial charge < -0.3 is 24.4 Å². The lowest BCUT2D eigenvalue weighted by molar-refractivity contribution is -0.145. The second kappa shape index (κ2) is 13.4. The molecule has 1 saturated heterocycles. The Morgan fingerprint density at radius 2 is 1.80 bits per heavy atom. The number of aryl methyl sites for hydroxylation is 1. The summed E-state index contributed by atoms with van der Waals surface area (Å²) in [5, 5.41) is 2.75. The number of sulfone groups is 1. The van der Waals surface area contributed by atoms with Crippen LogP contribution in [0.15, 0.2) is 49.2 Å². The molecule has 1 aromatic carbocycles. The maximum atomic E-state index is 14.5. The van der Waals surface area contributed by atoms with E-state index in [2.05, 4.69) is 21.9 Å². The minimum atomic E-state index is -3.88. The molecule has 1 aliphatic heterocycles. The molecule has 238 valence electrons. The van der Waals surface area contributed by atoms with Crippen LogP contribution in [0.2, 0.25) is 0 Å². The van der Waals surface area contributed by atoms with E-state index in [1.54, 1.807) is 37.3 Å². The number of nitrogens with zero attached hydrogens (tertiary/aromatic N) is 3. The monoisotopic (exact) mass is 628 g/mol. The van der Waals surface area contributed by atoms with Gasteiger partial charge in [0.05, 0.1) is 25.5 Å². The molecule has 1 N–H and O–H groups in total. The van der Waals surface area contributed by atoms with Gasteiger partial charge in [-0.15, -0.1) is 6.58 Å². The number of carbonyl (C=O) groups is 3. The van der Waals surface area contributed by atoms with Gasteiger partial charge in [-0.25, -0.2) is 18.2 Å². The van der Waals surface area contributed by atoms with Crippen molar-refractivity contribution in [3.63, 3.8) is 0 Å². The molecule has 0 spiro atoms. The summed E-state index contributed by atoms with van der Waals surface area (Å²) < 4.78 is 40.9. The van der Waals surface area contributed by atoms with E-state index in [-0.39, 0.29) is 37.4 Å². The highest BCUT2D eigenvalue weighted by molar-refractivity contribution is 7.92. The number of carbonyl (C=O) groups excluding carboxylic acids is 3. The highest BCUT2D eigenvalue weighted by Gasteiger charge is 2.63. The van der Waals surface area contributed by atoms with Crippen LogP contribution in [0.1, 0.15) is 47.3 Å². The Labute approximate surface area is 258 Å². The van der Waals surface area contributed by atoms with Gasteiger partial charge in [0.15, 0.2) is 9.84 Å². The molecule has 44 heavy (non-hydrogen) atoms. The van der Waals surface area contributed by atoms with Crippen molar-refractivity contribution in [2.45, 2.75) is 55.9 Å². The van der Waals surface area contributed by atoms with Crippen molar-refractivity contribution in [3.8, 4) is 6.01 Å². The van der Waals surface area contributed by atoms with Crippen LogP contribution in [0.5, 0.6) is 6.01 Å². The molecule has 2 aromatic rings. The molecular formula is C31H40N4O8S. The smallest absolute Gasteiger partial charge is 0.328 e. The fraction of sp³-hybridized carbons (Fsp3) is 0.516. The van der Waals surface area contributed by atoms with Crippen molar-refractivity contribution in [2.24, 2.45) is 5.41 Å². The van der Waals surface area contributed by atoms with Gasteiger partial charge in [0, 0.05) is 44.0 Å². The molecule has 0 radical (unpaired) electrons. The zero-order valence-corrected chi connectivity index (χ0v) is 26.4. The molecule has 2 atom stereocenters. The second-order valence-electron chi connectivity index (χ2n) is 11.5. The number of hydrogen-bond donors (Lipinski definition) is 1. The summed E-state index contributed by atoms with van der Waals surface area (Å²) in [5.74, 6) is -2.09. The van der Waals surface area contributed by atoms with Gasteiger partial charge in [0.25, 0.3) is 5.91 Å². The molecular weight excluding hydrogens is 588 g/mol. The molecule has 2 aliphatic rings. The Bertz CT molecular complexity index is 1490. The van der Waals surface area contributed by atoms with Crippen molar-refractivity contribution in [1.82, 2.24) is 20.2 Å². The SMILES string of the molecule is C=CC1(CN(C(=O)c2cnc(OC)nc2C)C(C(=O)NC(Cc2ccccc2)C(=O)OC)C2(S(C)(=O)=O)CC2)CCOCC1. The van der Waals surface area contributed by atoms with Gasteiger partial charge in [-0.1, -0.05) is 36.4 Å². The van der Waals surface area contributed by atoms with Crippen LogP contribution >= 0.6 is 0 Å². The van der Waals surface area contributed by atoms with Crippen LogP contribution < -0.4 is 10.1 Å². The lowest BCUT2D eigenvalue weighted by Gasteiger charge is -2.43. The summed E-state index contributed by atoms with van der Waals surface area (Å²) >= 11 is 0. The summed E-state index contributed by atoms with van der Waals surface area (Å²) in [6.45, 7) is 6.45. The molecule has 1 aliphatic carbocycles. The van der Waals surface area contributed by atoms with Crippen LogP contribution in [0.3, 0.4) is 0 Å². The molecule has 2 amide bonds. The third-order valence-electron chi connectivity index (χ3n) is 8.66. The van der Waals surface area contributed by atoms with Gasteiger partial charge in [-0.05, 0) is 38.2 Å². The number of methoxy groups -OCH3 is 2. The highest BCUT2D eigenvalue weighted by Crippen LogP contribution is 2.49. The number of hydrogen-bond acceptors (Lipinski definition) is 10. The summed E-state index contributed by atoms with van der Waals surface area (Å²) in [6.07, 6.45) is 5.58. The van der Waals surface area contributed by atoms with Gasteiger partial charge in [-0.2, -0.15) is 4.98 Å². The average Bonchev–Trinajstić information content (AvgIpc) is 3.83. The van der Waals surface area contributed by atoms with Crippen molar-refractivity contribution < 1.29 is 37.0 Å². The van der Waals surface area contributed by atoms with E-state index in [0.29, 0.717) is 31.7 Å². The summed E-state index contributed by atoms with van der Waals surface area (Å²) in [6, 6.07) is 6.50. The van der Waals surface area contributed by atoms with Gasteiger partial charge >= 0.3 is 12.0 Å². The van der Waals surface area contributed by atoms with Crippen molar-refractivity contribution in [3.05, 3.63) is 66.0 Å². The van der Waals surface area contributed by atoms with Crippen LogP contribution in [-0.2, 0) is 35.3 Å². The van der Waals surface area contributed by atoms with Crippen LogP contribution in [0.4, 0.5) is 0 Å². The van der Waals surface area contributed by atoms with Crippen LogP contribution in [-0.4, -0.2) is 98.1 Å². The average molecular weight is 629 g/mol. The molecule has 0 bridgehead atoms. The predicted molar refractivity (Wildman–Crippen MR) is 162 cm³/mol. The molecule has 2 fully saturated rings. The molecule has 1 saturated carbocycles. The Hall–Kier alpha value is -3.84. The van der Waals surface area contributed by atoms with Crippen molar-refractivity contribution in [1.29, 1.82) is 0 Å². The van der Waals surface area contributed by atoms with Crippen LogP contribution in [0, 0.1) is 12.3 Å². The Balaban J connectivity index is 1.83. The van der Waals surface area contributed by atoms with E-state index in [1.165, 1.54) is 25.3 Å². The summed E-state index contributed by atoms with van der Waals surface area (Å²) in [4.78, 5) is 51.4. The van der Waals surface area contributed by atoms with E-state index < -0.39 is 49.9 Å². The molecule has 2 unspecified atom stereocenters. The largest absolute Gasteiger partial charge is 0.467 e. The quantitative estimate of drug-likeness (QED) is 0.258. The fourth-order valence-corrected chi connectivity index (χ4v) is 7.29. The van der Waals surface area contributed by atoms with Gasteiger partial charge in [-0.3, -0.25) is 9.59 Å². The maximum absolute atomic E-state index is 14.5. The molecule has 13 heteroatoms. The Morgan fingerprint density at radius 1 is 1.14 bits per heavy atom. The number of benzene rings is 1.